The zero-order valence-corrected chi connectivity index (χ0v) is 17.5. The lowest BCUT2D eigenvalue weighted by Gasteiger charge is -2.08. The van der Waals surface area contributed by atoms with E-state index in [-0.39, 0.29) is 47.5 Å². The molecule has 0 saturated heterocycles. The molecule has 0 aromatic heterocycles. The van der Waals surface area contributed by atoms with Gasteiger partial charge in [0.25, 0.3) is 0 Å². The van der Waals surface area contributed by atoms with E-state index in [1.54, 1.807) is 0 Å². The van der Waals surface area contributed by atoms with Crippen LogP contribution in [0, 0.1) is 0 Å². The summed E-state index contributed by atoms with van der Waals surface area (Å²) in [5.74, 6) is -0.670. The van der Waals surface area contributed by atoms with E-state index in [4.69, 9.17) is 10.3 Å². The van der Waals surface area contributed by atoms with Gasteiger partial charge in [-0.05, 0) is 35.4 Å². The average molecular weight is 455 g/mol. The van der Waals surface area contributed by atoms with Crippen molar-refractivity contribution in [3.63, 3.8) is 0 Å². The van der Waals surface area contributed by atoms with Crippen LogP contribution < -0.4 is 20.9 Å². The molecule has 10 nitrogen and oxygen atoms in total. The number of benzene rings is 2. The van der Waals surface area contributed by atoms with Gasteiger partial charge >= 0.3 is 0 Å². The van der Waals surface area contributed by atoms with Gasteiger partial charge in [0.2, 0.25) is 31.9 Å². The molecule has 0 spiro atoms. The SMILES string of the molecule is NS(=O)(=O)c1ccc(CNC(=O)CCC(=O)NCc2ccc(S(N)(=O)=O)cc2)cc1. The Morgan fingerprint density at radius 1 is 0.633 bits per heavy atom. The molecule has 0 atom stereocenters. The molecule has 0 aliphatic rings. The van der Waals surface area contributed by atoms with Crippen molar-refractivity contribution in [2.24, 2.45) is 10.3 Å². The fraction of sp³-hybridized carbons (Fsp3) is 0.222. The van der Waals surface area contributed by atoms with Crippen LogP contribution >= 0.6 is 0 Å². The lowest BCUT2D eigenvalue weighted by molar-refractivity contribution is -0.126. The van der Waals surface area contributed by atoms with Gasteiger partial charge < -0.3 is 10.6 Å². The number of hydrogen-bond acceptors (Lipinski definition) is 6. The zero-order valence-electron chi connectivity index (χ0n) is 15.9. The van der Waals surface area contributed by atoms with Gasteiger partial charge in [-0.2, -0.15) is 0 Å². The number of hydrogen-bond donors (Lipinski definition) is 4. The number of amides is 2. The monoisotopic (exact) mass is 454 g/mol. The highest BCUT2D eigenvalue weighted by atomic mass is 32.2. The van der Waals surface area contributed by atoms with E-state index >= 15 is 0 Å². The van der Waals surface area contributed by atoms with E-state index in [2.05, 4.69) is 10.6 Å². The van der Waals surface area contributed by atoms with Crippen LogP contribution in [0.15, 0.2) is 58.3 Å². The van der Waals surface area contributed by atoms with Crippen LogP contribution in [0.25, 0.3) is 0 Å². The molecule has 0 aliphatic carbocycles. The first-order valence-electron chi connectivity index (χ1n) is 8.72. The fourth-order valence-electron chi connectivity index (χ4n) is 2.40. The van der Waals surface area contributed by atoms with Gasteiger partial charge in [-0.3, -0.25) is 9.59 Å². The van der Waals surface area contributed by atoms with Crippen molar-refractivity contribution >= 4 is 31.9 Å². The highest BCUT2D eigenvalue weighted by molar-refractivity contribution is 7.89. The Hall–Kier alpha value is -2.80. The quantitative estimate of drug-likeness (QED) is 0.404. The third-order valence-electron chi connectivity index (χ3n) is 4.06. The van der Waals surface area contributed by atoms with E-state index in [1.807, 2.05) is 0 Å². The van der Waals surface area contributed by atoms with Crippen LogP contribution in [0.2, 0.25) is 0 Å². The first kappa shape index (κ1) is 23.5. The number of rotatable bonds is 9. The van der Waals surface area contributed by atoms with Crippen molar-refractivity contribution in [2.45, 2.75) is 35.7 Å². The summed E-state index contributed by atoms with van der Waals surface area (Å²) < 4.78 is 44.8. The maximum Gasteiger partial charge on any atom is 0.238 e. The standard InChI is InChI=1S/C18H22N4O6S2/c19-29(25,26)15-5-1-13(2-6-15)11-21-17(23)9-10-18(24)22-12-14-3-7-16(8-4-14)30(20,27)28/h1-8H,9-12H2,(H,21,23)(H,22,24)(H2,19,25,26)(H2,20,27,28). The predicted molar refractivity (Wildman–Crippen MR) is 109 cm³/mol. The molecular weight excluding hydrogens is 432 g/mol. The van der Waals surface area contributed by atoms with Gasteiger partial charge in [0.05, 0.1) is 9.79 Å². The molecule has 2 amide bonds. The summed E-state index contributed by atoms with van der Waals surface area (Å²) in [4.78, 5) is 23.7. The van der Waals surface area contributed by atoms with Crippen LogP contribution in [0.4, 0.5) is 0 Å². The Morgan fingerprint density at radius 2 is 0.933 bits per heavy atom. The van der Waals surface area contributed by atoms with Crippen molar-refractivity contribution < 1.29 is 26.4 Å². The Labute approximate surface area is 174 Å². The molecule has 2 rings (SSSR count). The first-order chi connectivity index (χ1) is 13.9. The largest absolute Gasteiger partial charge is 0.352 e. The van der Waals surface area contributed by atoms with Crippen molar-refractivity contribution in [1.29, 1.82) is 0 Å². The van der Waals surface area contributed by atoms with Crippen LogP contribution in [0.3, 0.4) is 0 Å². The third kappa shape index (κ3) is 7.55. The molecule has 0 fully saturated rings. The Morgan fingerprint density at radius 3 is 1.20 bits per heavy atom. The molecule has 0 radical (unpaired) electrons. The van der Waals surface area contributed by atoms with E-state index in [9.17, 15) is 26.4 Å². The highest BCUT2D eigenvalue weighted by Crippen LogP contribution is 2.09. The van der Waals surface area contributed by atoms with E-state index < -0.39 is 20.0 Å². The summed E-state index contributed by atoms with van der Waals surface area (Å²) in [6, 6.07) is 11.5. The van der Waals surface area contributed by atoms with Gasteiger partial charge in [-0.15, -0.1) is 0 Å². The van der Waals surface area contributed by atoms with Gasteiger partial charge in [-0.1, -0.05) is 24.3 Å². The topological polar surface area (TPSA) is 179 Å². The zero-order chi connectivity index (χ0) is 22.4. The highest BCUT2D eigenvalue weighted by Gasteiger charge is 2.10. The van der Waals surface area contributed by atoms with Gasteiger partial charge in [0.1, 0.15) is 0 Å². The Kier molecular flexibility index (Phi) is 7.67. The summed E-state index contributed by atoms with van der Waals surface area (Å²) in [7, 11) is -7.54. The molecular formula is C18H22N4O6S2. The number of nitrogens with one attached hydrogen (secondary N) is 2. The number of sulfonamides is 2. The van der Waals surface area contributed by atoms with E-state index in [0.29, 0.717) is 11.1 Å². The van der Waals surface area contributed by atoms with Crippen molar-refractivity contribution in [1.82, 2.24) is 10.6 Å². The van der Waals surface area contributed by atoms with Crippen LogP contribution in [-0.2, 0) is 42.7 Å². The van der Waals surface area contributed by atoms with E-state index in [1.165, 1.54) is 48.5 Å². The van der Waals surface area contributed by atoms with Crippen LogP contribution in [0.1, 0.15) is 24.0 Å². The maximum atomic E-state index is 11.9. The van der Waals surface area contributed by atoms with Crippen molar-refractivity contribution in [3.8, 4) is 0 Å². The second-order valence-electron chi connectivity index (χ2n) is 6.43. The molecule has 2 aromatic carbocycles. The molecule has 12 heteroatoms. The Bertz CT molecular complexity index is 1020. The Balaban J connectivity index is 1.72. The summed E-state index contributed by atoms with van der Waals surface area (Å²) in [5.41, 5.74) is 1.37. The van der Waals surface area contributed by atoms with Crippen molar-refractivity contribution in [2.75, 3.05) is 0 Å². The molecule has 6 N–H and O–H groups in total. The minimum atomic E-state index is -3.77. The molecule has 0 heterocycles. The smallest absolute Gasteiger partial charge is 0.238 e. The lowest BCUT2D eigenvalue weighted by atomic mass is 10.2. The second-order valence-corrected chi connectivity index (χ2v) is 9.55. The maximum absolute atomic E-state index is 11.9. The molecule has 30 heavy (non-hydrogen) atoms. The summed E-state index contributed by atoms with van der Waals surface area (Å²) in [5, 5.41) is 15.3. The summed E-state index contributed by atoms with van der Waals surface area (Å²) >= 11 is 0. The molecule has 0 bridgehead atoms. The van der Waals surface area contributed by atoms with Gasteiger partial charge in [0, 0.05) is 25.9 Å². The van der Waals surface area contributed by atoms with E-state index in [0.717, 1.165) is 0 Å². The molecule has 0 unspecified atom stereocenters. The van der Waals surface area contributed by atoms with Crippen LogP contribution in [0.5, 0.6) is 0 Å². The third-order valence-corrected chi connectivity index (χ3v) is 5.92. The van der Waals surface area contributed by atoms with Crippen molar-refractivity contribution in [3.05, 3.63) is 59.7 Å². The number of primary sulfonamides is 2. The molecule has 0 aliphatic heterocycles. The summed E-state index contributed by atoms with van der Waals surface area (Å²) in [6.07, 6.45) is -0.0447. The normalized spacial score (nSPS) is 11.7. The minimum absolute atomic E-state index is 0.0199. The number of carbonyl (C=O) groups is 2. The number of carbonyl (C=O) groups excluding carboxylic acids is 2. The molecule has 0 saturated carbocycles. The minimum Gasteiger partial charge on any atom is -0.352 e. The van der Waals surface area contributed by atoms with Gasteiger partial charge in [0.15, 0.2) is 0 Å². The lowest BCUT2D eigenvalue weighted by Crippen LogP contribution is -2.27. The van der Waals surface area contributed by atoms with Gasteiger partial charge in [-0.25, -0.2) is 27.1 Å². The first-order valence-corrected chi connectivity index (χ1v) is 11.8. The van der Waals surface area contributed by atoms with Crippen LogP contribution in [-0.4, -0.2) is 28.6 Å². The molecule has 2 aromatic rings. The summed E-state index contributed by atoms with van der Waals surface area (Å²) in [6.45, 7) is 0.365. The number of nitrogens with two attached hydrogens (primary N) is 2. The fourth-order valence-corrected chi connectivity index (χ4v) is 3.43. The predicted octanol–water partition coefficient (Wildman–Crippen LogP) is -0.306. The average Bonchev–Trinajstić information content (AvgIpc) is 2.68. The molecule has 162 valence electrons. The second kappa shape index (κ2) is 9.80.